The standard InChI is InChI=1S/C21H26N4O3/c1-14-9-18(10-15(2)24-14)20(27)23-6-3-16-5-8-25(12-16)21(28)17-4-7-22-19(11-17)13-26/h4,7,9-11,16,26H,3,5-6,8,12-13H2,1-2H3,(H,23,27)/t16-/m0/s1. The first-order chi connectivity index (χ1) is 13.5. The fraction of sp³-hybridized carbons (Fsp3) is 0.429. The molecule has 0 unspecified atom stereocenters. The molecular formula is C21H26N4O3. The molecule has 3 heterocycles. The second kappa shape index (κ2) is 8.93. The smallest absolute Gasteiger partial charge is 0.253 e. The summed E-state index contributed by atoms with van der Waals surface area (Å²) in [4.78, 5) is 35.1. The number of nitrogens with zero attached hydrogens (tertiary/aromatic N) is 3. The lowest BCUT2D eigenvalue weighted by molar-refractivity contribution is 0.0785. The Kier molecular flexibility index (Phi) is 6.36. The summed E-state index contributed by atoms with van der Waals surface area (Å²) in [7, 11) is 0. The zero-order valence-electron chi connectivity index (χ0n) is 16.3. The summed E-state index contributed by atoms with van der Waals surface area (Å²) in [5, 5.41) is 12.1. The monoisotopic (exact) mass is 382 g/mol. The van der Waals surface area contributed by atoms with Crippen molar-refractivity contribution in [3.63, 3.8) is 0 Å². The van der Waals surface area contributed by atoms with E-state index in [1.807, 2.05) is 18.7 Å². The average Bonchev–Trinajstić information content (AvgIpc) is 3.15. The van der Waals surface area contributed by atoms with Crippen molar-refractivity contribution in [3.05, 3.63) is 58.7 Å². The molecule has 1 aliphatic rings. The maximum atomic E-state index is 12.6. The number of carbonyl (C=O) groups is 2. The van der Waals surface area contributed by atoms with Gasteiger partial charge in [0.1, 0.15) is 0 Å². The van der Waals surface area contributed by atoms with E-state index in [-0.39, 0.29) is 18.4 Å². The molecule has 28 heavy (non-hydrogen) atoms. The molecule has 148 valence electrons. The molecule has 1 aliphatic heterocycles. The van der Waals surface area contributed by atoms with Gasteiger partial charge in [0, 0.05) is 48.3 Å². The Morgan fingerprint density at radius 1 is 1.21 bits per heavy atom. The Morgan fingerprint density at radius 3 is 2.68 bits per heavy atom. The molecular weight excluding hydrogens is 356 g/mol. The van der Waals surface area contributed by atoms with Crippen LogP contribution in [-0.2, 0) is 6.61 Å². The van der Waals surface area contributed by atoms with Crippen LogP contribution >= 0.6 is 0 Å². The minimum atomic E-state index is -0.181. The molecule has 7 heteroatoms. The number of hydrogen-bond donors (Lipinski definition) is 2. The van der Waals surface area contributed by atoms with Gasteiger partial charge in [0.15, 0.2) is 0 Å². The molecule has 7 nitrogen and oxygen atoms in total. The fourth-order valence-electron chi connectivity index (χ4n) is 3.59. The molecule has 2 aromatic rings. The van der Waals surface area contributed by atoms with Crippen LogP contribution in [0.4, 0.5) is 0 Å². The van der Waals surface area contributed by atoms with Gasteiger partial charge in [-0.05, 0) is 56.9 Å². The van der Waals surface area contributed by atoms with Gasteiger partial charge in [-0.25, -0.2) is 0 Å². The van der Waals surface area contributed by atoms with Gasteiger partial charge in [0.2, 0.25) is 0 Å². The Labute approximate surface area is 164 Å². The third-order valence-electron chi connectivity index (χ3n) is 4.98. The number of aromatic nitrogens is 2. The number of aliphatic hydroxyl groups excluding tert-OH is 1. The molecule has 0 bridgehead atoms. The molecule has 0 aromatic carbocycles. The number of aliphatic hydroxyl groups is 1. The molecule has 3 rings (SSSR count). The van der Waals surface area contributed by atoms with E-state index >= 15 is 0 Å². The Bertz CT molecular complexity index is 848. The van der Waals surface area contributed by atoms with E-state index in [9.17, 15) is 14.7 Å². The van der Waals surface area contributed by atoms with E-state index in [1.165, 1.54) is 0 Å². The molecule has 0 spiro atoms. The van der Waals surface area contributed by atoms with Crippen LogP contribution in [0.15, 0.2) is 30.5 Å². The van der Waals surface area contributed by atoms with Crippen molar-refractivity contribution in [1.29, 1.82) is 0 Å². The van der Waals surface area contributed by atoms with Crippen molar-refractivity contribution in [2.75, 3.05) is 19.6 Å². The SMILES string of the molecule is Cc1cc(C(=O)NCC[C@H]2CCN(C(=O)c3ccnc(CO)c3)C2)cc(C)n1. The molecule has 1 fully saturated rings. The van der Waals surface area contributed by atoms with Gasteiger partial charge in [-0.1, -0.05) is 0 Å². The highest BCUT2D eigenvalue weighted by molar-refractivity contribution is 5.95. The summed E-state index contributed by atoms with van der Waals surface area (Å²) in [6.45, 7) is 5.53. The first kappa shape index (κ1) is 19.9. The van der Waals surface area contributed by atoms with Crippen molar-refractivity contribution >= 4 is 11.8 Å². The summed E-state index contributed by atoms with van der Waals surface area (Å²) < 4.78 is 0. The minimum absolute atomic E-state index is 0.0358. The van der Waals surface area contributed by atoms with Crippen LogP contribution in [0, 0.1) is 19.8 Å². The first-order valence-corrected chi connectivity index (χ1v) is 9.55. The molecule has 0 saturated carbocycles. The zero-order chi connectivity index (χ0) is 20.1. The summed E-state index contributed by atoms with van der Waals surface area (Å²) in [6.07, 6.45) is 3.30. The van der Waals surface area contributed by atoms with Crippen molar-refractivity contribution < 1.29 is 14.7 Å². The Hall–Kier alpha value is -2.80. The molecule has 2 N–H and O–H groups in total. The van der Waals surface area contributed by atoms with Crippen molar-refractivity contribution in [1.82, 2.24) is 20.2 Å². The number of hydrogen-bond acceptors (Lipinski definition) is 5. The van der Waals surface area contributed by atoms with Crippen molar-refractivity contribution in [3.8, 4) is 0 Å². The third-order valence-corrected chi connectivity index (χ3v) is 4.98. The van der Waals surface area contributed by atoms with Crippen LogP contribution in [0.5, 0.6) is 0 Å². The van der Waals surface area contributed by atoms with Gasteiger partial charge in [0.25, 0.3) is 11.8 Å². The van der Waals surface area contributed by atoms with Gasteiger partial charge in [-0.15, -0.1) is 0 Å². The lowest BCUT2D eigenvalue weighted by Gasteiger charge is -2.17. The fourth-order valence-corrected chi connectivity index (χ4v) is 3.59. The zero-order valence-corrected chi connectivity index (χ0v) is 16.3. The third kappa shape index (κ3) is 4.92. The topological polar surface area (TPSA) is 95.4 Å². The summed E-state index contributed by atoms with van der Waals surface area (Å²) in [6, 6.07) is 6.88. The molecule has 0 aliphatic carbocycles. The predicted octanol–water partition coefficient (Wildman–Crippen LogP) is 1.87. The summed E-state index contributed by atoms with van der Waals surface area (Å²) in [5.41, 5.74) is 3.33. The minimum Gasteiger partial charge on any atom is -0.390 e. The van der Waals surface area contributed by atoms with Crippen molar-refractivity contribution in [2.45, 2.75) is 33.3 Å². The second-order valence-corrected chi connectivity index (χ2v) is 7.28. The first-order valence-electron chi connectivity index (χ1n) is 9.55. The number of pyridine rings is 2. The van der Waals surface area contributed by atoms with E-state index in [0.717, 1.165) is 24.2 Å². The predicted molar refractivity (Wildman–Crippen MR) is 105 cm³/mol. The average molecular weight is 382 g/mol. The van der Waals surface area contributed by atoms with E-state index in [0.29, 0.717) is 42.4 Å². The quantitative estimate of drug-likeness (QED) is 0.795. The molecule has 0 radical (unpaired) electrons. The van der Waals surface area contributed by atoms with E-state index in [2.05, 4.69) is 15.3 Å². The van der Waals surface area contributed by atoms with E-state index in [4.69, 9.17) is 0 Å². The lowest BCUT2D eigenvalue weighted by Crippen LogP contribution is -2.30. The van der Waals surface area contributed by atoms with Crippen LogP contribution in [0.25, 0.3) is 0 Å². The lowest BCUT2D eigenvalue weighted by atomic mass is 10.1. The van der Waals surface area contributed by atoms with E-state index in [1.54, 1.807) is 30.5 Å². The Morgan fingerprint density at radius 2 is 1.96 bits per heavy atom. The maximum Gasteiger partial charge on any atom is 0.253 e. The highest BCUT2D eigenvalue weighted by atomic mass is 16.3. The number of likely N-dealkylation sites (tertiary alicyclic amines) is 1. The normalized spacial score (nSPS) is 16.2. The second-order valence-electron chi connectivity index (χ2n) is 7.28. The van der Waals surface area contributed by atoms with Gasteiger partial charge in [-0.2, -0.15) is 0 Å². The largest absolute Gasteiger partial charge is 0.390 e. The highest BCUT2D eigenvalue weighted by Crippen LogP contribution is 2.21. The molecule has 2 aromatic heterocycles. The van der Waals surface area contributed by atoms with Crippen LogP contribution in [0.1, 0.15) is 50.6 Å². The molecule has 1 atom stereocenters. The number of nitrogens with one attached hydrogen (secondary N) is 1. The van der Waals surface area contributed by atoms with Gasteiger partial charge in [0.05, 0.1) is 12.3 Å². The van der Waals surface area contributed by atoms with Gasteiger partial charge >= 0.3 is 0 Å². The van der Waals surface area contributed by atoms with Gasteiger partial charge < -0.3 is 15.3 Å². The van der Waals surface area contributed by atoms with Crippen molar-refractivity contribution in [2.24, 2.45) is 5.92 Å². The molecule has 2 amide bonds. The number of carbonyl (C=O) groups excluding carboxylic acids is 2. The van der Waals surface area contributed by atoms with Crippen LogP contribution in [0.3, 0.4) is 0 Å². The van der Waals surface area contributed by atoms with Crippen LogP contribution < -0.4 is 5.32 Å². The highest BCUT2D eigenvalue weighted by Gasteiger charge is 2.27. The van der Waals surface area contributed by atoms with Crippen LogP contribution in [0.2, 0.25) is 0 Å². The number of rotatable bonds is 6. The number of aryl methyl sites for hydroxylation is 2. The summed E-state index contributed by atoms with van der Waals surface area (Å²) in [5.74, 6) is 0.239. The maximum absolute atomic E-state index is 12.6. The van der Waals surface area contributed by atoms with E-state index < -0.39 is 0 Å². The van der Waals surface area contributed by atoms with Crippen LogP contribution in [-0.4, -0.2) is 51.4 Å². The number of amides is 2. The molecule has 1 saturated heterocycles. The summed E-state index contributed by atoms with van der Waals surface area (Å²) >= 11 is 0. The van der Waals surface area contributed by atoms with Gasteiger partial charge in [-0.3, -0.25) is 19.6 Å². The Balaban J connectivity index is 1.48.